The highest BCUT2D eigenvalue weighted by atomic mass is 15.2. The molecular weight excluding hydrogens is 595 g/mol. The highest BCUT2D eigenvalue weighted by Crippen LogP contribution is 2.49. The molecule has 9 rings (SSSR count). The lowest BCUT2D eigenvalue weighted by atomic mass is 10.0. The third kappa shape index (κ3) is 4.50. The summed E-state index contributed by atoms with van der Waals surface area (Å²) in [5, 5.41) is 5.03. The molecule has 0 aliphatic heterocycles. The van der Waals surface area contributed by atoms with Gasteiger partial charge in [0.15, 0.2) is 0 Å². The quantitative estimate of drug-likeness (QED) is 0.181. The van der Waals surface area contributed by atoms with Gasteiger partial charge >= 0.3 is 0 Å². The number of aromatic nitrogens is 1. The van der Waals surface area contributed by atoms with Crippen molar-refractivity contribution >= 4 is 72.2 Å². The first-order valence-corrected chi connectivity index (χ1v) is 17.0. The van der Waals surface area contributed by atoms with Gasteiger partial charge in [0.1, 0.15) is 0 Å². The van der Waals surface area contributed by atoms with E-state index in [2.05, 4.69) is 194 Å². The van der Waals surface area contributed by atoms with E-state index in [-0.39, 0.29) is 0 Å². The predicted octanol–water partition coefficient (Wildman–Crippen LogP) is 13.0. The summed E-state index contributed by atoms with van der Waals surface area (Å²) < 4.78 is 2.50. The molecule has 0 saturated heterocycles. The minimum atomic E-state index is 1.14. The Morgan fingerprint density at radius 1 is 0.367 bits per heavy atom. The monoisotopic (exact) mass is 631 g/mol. The van der Waals surface area contributed by atoms with E-state index >= 15 is 0 Å². The molecule has 0 saturated carbocycles. The van der Waals surface area contributed by atoms with Crippen molar-refractivity contribution in [1.82, 2.24) is 4.40 Å². The minimum Gasteiger partial charge on any atom is -0.310 e. The van der Waals surface area contributed by atoms with Gasteiger partial charge in [-0.25, -0.2) is 0 Å². The number of benzene rings is 7. The number of anilines is 6. The lowest BCUT2D eigenvalue weighted by molar-refractivity contribution is 1.26. The standard InChI is InChI=1S/C46H37N3/c1-30-24-26-36(28-32(30)3)47(34-14-7-5-8-15-34)40-20-12-22-42-44(40)38-18-11-19-39-45-41(21-13-23-43(45)49(42)46(38)39)48(35-16-9-6-10-17-35)37-27-25-31(2)33(4)29-37/h5-29H,1-4H3. The topological polar surface area (TPSA) is 10.9 Å². The first kappa shape index (κ1) is 29.1. The first-order chi connectivity index (χ1) is 24.0. The fraction of sp³-hybridized carbons (Fsp3) is 0.0870. The van der Waals surface area contributed by atoms with Crippen molar-refractivity contribution in [3.05, 3.63) is 174 Å². The van der Waals surface area contributed by atoms with Gasteiger partial charge in [-0.3, -0.25) is 0 Å². The first-order valence-electron chi connectivity index (χ1n) is 17.0. The van der Waals surface area contributed by atoms with Gasteiger partial charge in [0.05, 0.1) is 27.9 Å². The van der Waals surface area contributed by atoms with Crippen LogP contribution in [0.4, 0.5) is 34.1 Å². The van der Waals surface area contributed by atoms with Crippen LogP contribution in [0.1, 0.15) is 22.3 Å². The average molecular weight is 632 g/mol. The summed E-state index contributed by atoms with van der Waals surface area (Å²) in [6.45, 7) is 8.76. The SMILES string of the molecule is Cc1ccc(N(c2ccccc2)c2cccc3c2c2cccc4c5c(N(c6ccccc6)c6ccc(C)c(C)c6)cccc5n3c24)cc1C. The number of hydrogen-bond donors (Lipinski definition) is 0. The van der Waals surface area contributed by atoms with E-state index in [0.717, 1.165) is 22.7 Å². The summed E-state index contributed by atoms with van der Waals surface area (Å²) in [7, 11) is 0. The largest absolute Gasteiger partial charge is 0.310 e. The second-order valence-electron chi connectivity index (χ2n) is 13.3. The van der Waals surface area contributed by atoms with Crippen molar-refractivity contribution < 1.29 is 0 Å². The maximum Gasteiger partial charge on any atom is 0.0622 e. The van der Waals surface area contributed by atoms with E-state index in [4.69, 9.17) is 0 Å². The van der Waals surface area contributed by atoms with Crippen LogP contribution in [0, 0.1) is 27.7 Å². The number of para-hydroxylation sites is 3. The Bertz CT molecular complexity index is 2470. The third-order valence-corrected chi connectivity index (χ3v) is 10.3. The Hall–Kier alpha value is -6.06. The summed E-state index contributed by atoms with van der Waals surface area (Å²) in [6, 6.07) is 55.5. The zero-order valence-electron chi connectivity index (χ0n) is 28.3. The van der Waals surface area contributed by atoms with Crippen LogP contribution in [0.5, 0.6) is 0 Å². The van der Waals surface area contributed by atoms with Gasteiger partial charge in [0.25, 0.3) is 0 Å². The molecule has 0 amide bonds. The lowest BCUT2D eigenvalue weighted by Crippen LogP contribution is -2.11. The Labute approximate surface area is 287 Å². The summed E-state index contributed by atoms with van der Waals surface area (Å²) >= 11 is 0. The van der Waals surface area contributed by atoms with E-state index in [1.54, 1.807) is 0 Å². The molecule has 0 atom stereocenters. The van der Waals surface area contributed by atoms with E-state index in [1.165, 1.54) is 71.7 Å². The van der Waals surface area contributed by atoms with Crippen molar-refractivity contribution in [1.29, 1.82) is 0 Å². The Morgan fingerprint density at radius 3 is 1.22 bits per heavy atom. The van der Waals surface area contributed by atoms with Gasteiger partial charge in [-0.1, -0.05) is 78.9 Å². The number of aryl methyl sites for hydroxylation is 4. The average Bonchev–Trinajstić information content (AvgIpc) is 3.66. The van der Waals surface area contributed by atoms with Crippen LogP contribution in [0.3, 0.4) is 0 Å². The van der Waals surface area contributed by atoms with Crippen molar-refractivity contribution in [2.75, 3.05) is 9.80 Å². The van der Waals surface area contributed by atoms with Crippen molar-refractivity contribution in [2.45, 2.75) is 27.7 Å². The Morgan fingerprint density at radius 2 is 0.796 bits per heavy atom. The summed E-state index contributed by atoms with van der Waals surface area (Å²) in [5.41, 5.74) is 15.8. The Kier molecular flexibility index (Phi) is 6.70. The molecule has 0 aliphatic carbocycles. The number of nitrogens with zero attached hydrogens (tertiary/aromatic N) is 3. The van der Waals surface area contributed by atoms with Gasteiger partial charge < -0.3 is 14.2 Å². The smallest absolute Gasteiger partial charge is 0.0622 e. The van der Waals surface area contributed by atoms with Crippen LogP contribution in [0.15, 0.2) is 152 Å². The van der Waals surface area contributed by atoms with Crippen molar-refractivity contribution in [3.63, 3.8) is 0 Å². The summed E-state index contributed by atoms with van der Waals surface area (Å²) in [4.78, 5) is 4.84. The highest BCUT2D eigenvalue weighted by molar-refractivity contribution is 6.28. The summed E-state index contributed by atoms with van der Waals surface area (Å²) in [6.07, 6.45) is 0. The molecule has 0 aliphatic rings. The fourth-order valence-electron chi connectivity index (χ4n) is 7.65. The molecule has 0 radical (unpaired) electrons. The predicted molar refractivity (Wildman–Crippen MR) is 209 cm³/mol. The van der Waals surface area contributed by atoms with Gasteiger partial charge in [-0.15, -0.1) is 0 Å². The van der Waals surface area contributed by atoms with Crippen LogP contribution in [0.25, 0.3) is 38.1 Å². The molecule has 0 N–H and O–H groups in total. The van der Waals surface area contributed by atoms with E-state index in [9.17, 15) is 0 Å². The fourth-order valence-corrected chi connectivity index (χ4v) is 7.65. The minimum absolute atomic E-state index is 1.14. The molecule has 0 unspecified atom stereocenters. The normalized spacial score (nSPS) is 11.7. The van der Waals surface area contributed by atoms with Crippen molar-refractivity contribution in [3.8, 4) is 0 Å². The van der Waals surface area contributed by atoms with Crippen LogP contribution < -0.4 is 9.80 Å². The maximum atomic E-state index is 2.50. The number of fused-ring (bicyclic) bond motifs is 6. The number of rotatable bonds is 6. The molecular formula is C46H37N3. The van der Waals surface area contributed by atoms with Crippen LogP contribution >= 0.6 is 0 Å². The molecule has 7 aromatic carbocycles. The molecule has 0 fully saturated rings. The van der Waals surface area contributed by atoms with Crippen LogP contribution in [-0.4, -0.2) is 4.40 Å². The molecule has 9 aromatic rings. The highest BCUT2D eigenvalue weighted by Gasteiger charge is 2.25. The summed E-state index contributed by atoms with van der Waals surface area (Å²) in [5.74, 6) is 0. The van der Waals surface area contributed by atoms with Crippen LogP contribution in [-0.2, 0) is 0 Å². The molecule has 3 nitrogen and oxygen atoms in total. The van der Waals surface area contributed by atoms with Gasteiger partial charge in [-0.2, -0.15) is 0 Å². The van der Waals surface area contributed by atoms with Crippen LogP contribution in [0.2, 0.25) is 0 Å². The zero-order chi connectivity index (χ0) is 33.2. The molecule has 0 spiro atoms. The molecule has 3 heteroatoms. The Balaban J connectivity index is 1.35. The van der Waals surface area contributed by atoms with Crippen molar-refractivity contribution in [2.24, 2.45) is 0 Å². The van der Waals surface area contributed by atoms with E-state index in [0.29, 0.717) is 0 Å². The molecule has 2 heterocycles. The zero-order valence-corrected chi connectivity index (χ0v) is 28.3. The van der Waals surface area contributed by atoms with E-state index < -0.39 is 0 Å². The second-order valence-corrected chi connectivity index (χ2v) is 13.3. The number of hydrogen-bond acceptors (Lipinski definition) is 2. The van der Waals surface area contributed by atoms with Gasteiger partial charge in [0.2, 0.25) is 0 Å². The van der Waals surface area contributed by atoms with Gasteiger partial charge in [0, 0.05) is 44.3 Å². The van der Waals surface area contributed by atoms with E-state index in [1.807, 2.05) is 0 Å². The molecule has 2 aromatic heterocycles. The second kappa shape index (κ2) is 11.3. The van der Waals surface area contributed by atoms with Gasteiger partial charge in [-0.05, 0) is 123 Å². The molecule has 236 valence electrons. The lowest BCUT2D eigenvalue weighted by Gasteiger charge is -2.27. The molecule has 49 heavy (non-hydrogen) atoms. The third-order valence-electron chi connectivity index (χ3n) is 10.3. The maximum absolute atomic E-state index is 2.50. The molecule has 0 bridgehead atoms.